The van der Waals surface area contributed by atoms with Crippen molar-refractivity contribution >= 4 is 11.4 Å². The monoisotopic (exact) mass is 365 g/mol. The Morgan fingerprint density at radius 1 is 1.26 bits per heavy atom. The minimum absolute atomic E-state index is 0.0584. The lowest BCUT2D eigenvalue weighted by molar-refractivity contribution is -0.384. The third kappa shape index (κ3) is 4.61. The maximum atomic E-state index is 10.9. The van der Waals surface area contributed by atoms with Crippen LogP contribution in [-0.4, -0.2) is 24.6 Å². The zero-order valence-electron chi connectivity index (χ0n) is 15.3. The van der Waals surface area contributed by atoms with Gasteiger partial charge < -0.3 is 4.90 Å². The highest BCUT2D eigenvalue weighted by atomic mass is 16.6. The molecule has 1 aliphatic rings. The summed E-state index contributed by atoms with van der Waals surface area (Å²) in [6, 6.07) is 17.6. The molecule has 0 saturated carbocycles. The van der Waals surface area contributed by atoms with E-state index in [1.54, 1.807) is 6.07 Å². The molecule has 0 aliphatic carbocycles. The number of nitro groups is 1. The van der Waals surface area contributed by atoms with Gasteiger partial charge in [-0.3, -0.25) is 21.0 Å². The Balaban J connectivity index is 1.51. The van der Waals surface area contributed by atoms with Gasteiger partial charge in [0.25, 0.3) is 5.69 Å². The lowest BCUT2D eigenvalue weighted by Gasteiger charge is -2.21. The van der Waals surface area contributed by atoms with Crippen LogP contribution in [0.25, 0.3) is 0 Å². The van der Waals surface area contributed by atoms with Crippen molar-refractivity contribution in [1.82, 2.24) is 10.9 Å². The first kappa shape index (κ1) is 18.8. The van der Waals surface area contributed by atoms with Crippen molar-refractivity contribution in [3.63, 3.8) is 0 Å². The minimum atomic E-state index is -0.480. The molecule has 1 heterocycles. The standard InChI is InChI=1S/C20H23N5O2/c1-24(20-10-9-18(25(26)27)12-16(20)14-21)11-5-8-17-13-19(23-22-17)15-6-3-2-4-7-15/h2-4,6-7,9-10,12,17,19,22-23H,5,8,11,13H2,1H3. The molecule has 7 nitrogen and oxygen atoms in total. The van der Waals surface area contributed by atoms with Crippen molar-refractivity contribution in [2.45, 2.75) is 31.3 Å². The number of nitrogens with one attached hydrogen (secondary N) is 2. The number of nitro benzene ring substituents is 1. The van der Waals surface area contributed by atoms with Crippen LogP contribution in [-0.2, 0) is 0 Å². The summed E-state index contributed by atoms with van der Waals surface area (Å²) < 4.78 is 0. The van der Waals surface area contributed by atoms with Crippen LogP contribution < -0.4 is 15.8 Å². The van der Waals surface area contributed by atoms with Gasteiger partial charge in [-0.1, -0.05) is 30.3 Å². The van der Waals surface area contributed by atoms with Gasteiger partial charge in [0.2, 0.25) is 0 Å². The highest BCUT2D eigenvalue weighted by Gasteiger charge is 2.24. The number of nitrogens with zero attached hydrogens (tertiary/aromatic N) is 3. The van der Waals surface area contributed by atoms with Gasteiger partial charge in [0.1, 0.15) is 6.07 Å². The fourth-order valence-electron chi connectivity index (χ4n) is 3.47. The molecule has 1 fully saturated rings. The van der Waals surface area contributed by atoms with Crippen LogP contribution in [0.4, 0.5) is 11.4 Å². The van der Waals surface area contributed by atoms with Crippen LogP contribution in [0.3, 0.4) is 0 Å². The normalized spacial score (nSPS) is 18.8. The molecule has 0 radical (unpaired) electrons. The third-order valence-electron chi connectivity index (χ3n) is 4.95. The molecule has 1 saturated heterocycles. The number of non-ortho nitro benzene ring substituents is 1. The summed E-state index contributed by atoms with van der Waals surface area (Å²) >= 11 is 0. The van der Waals surface area contributed by atoms with Gasteiger partial charge in [0.05, 0.1) is 16.2 Å². The quantitative estimate of drug-likeness (QED) is 0.578. The Bertz CT molecular complexity index is 834. The van der Waals surface area contributed by atoms with E-state index < -0.39 is 4.92 Å². The largest absolute Gasteiger partial charge is 0.374 e. The Labute approximate surface area is 158 Å². The zero-order valence-corrected chi connectivity index (χ0v) is 15.3. The summed E-state index contributed by atoms with van der Waals surface area (Å²) in [5, 5.41) is 20.2. The Kier molecular flexibility index (Phi) is 6.01. The summed E-state index contributed by atoms with van der Waals surface area (Å²) in [6.45, 7) is 0.778. The molecule has 1 aliphatic heterocycles. The van der Waals surface area contributed by atoms with Crippen molar-refractivity contribution in [2.24, 2.45) is 0 Å². The van der Waals surface area contributed by atoms with E-state index >= 15 is 0 Å². The molecule has 2 aromatic rings. The third-order valence-corrected chi connectivity index (χ3v) is 4.95. The molecule has 2 unspecified atom stereocenters. The number of benzene rings is 2. The van der Waals surface area contributed by atoms with Gasteiger partial charge in [0.15, 0.2) is 0 Å². The predicted molar refractivity (Wildman–Crippen MR) is 104 cm³/mol. The molecule has 27 heavy (non-hydrogen) atoms. The Morgan fingerprint density at radius 2 is 2.04 bits per heavy atom. The van der Waals surface area contributed by atoms with E-state index in [0.717, 1.165) is 31.5 Å². The fourth-order valence-corrected chi connectivity index (χ4v) is 3.47. The first-order valence-electron chi connectivity index (χ1n) is 9.04. The van der Waals surface area contributed by atoms with Gasteiger partial charge in [-0.25, -0.2) is 0 Å². The summed E-state index contributed by atoms with van der Waals surface area (Å²) in [4.78, 5) is 12.4. The predicted octanol–water partition coefficient (Wildman–Crippen LogP) is 3.29. The van der Waals surface area contributed by atoms with E-state index in [-0.39, 0.29) is 5.69 Å². The van der Waals surface area contributed by atoms with Gasteiger partial charge in [-0.15, -0.1) is 0 Å². The molecule has 0 bridgehead atoms. The summed E-state index contributed by atoms with van der Waals surface area (Å²) in [5.74, 6) is 0. The molecule has 140 valence electrons. The van der Waals surface area contributed by atoms with E-state index in [0.29, 0.717) is 17.6 Å². The lowest BCUT2D eigenvalue weighted by Crippen LogP contribution is -2.31. The van der Waals surface area contributed by atoms with Gasteiger partial charge in [-0.05, 0) is 30.9 Å². The molecule has 2 N–H and O–H groups in total. The maximum Gasteiger partial charge on any atom is 0.270 e. The number of hydrazine groups is 1. The van der Waals surface area contributed by atoms with Crippen molar-refractivity contribution in [3.05, 3.63) is 69.8 Å². The number of hydrogen-bond donors (Lipinski definition) is 2. The van der Waals surface area contributed by atoms with E-state index in [9.17, 15) is 15.4 Å². The lowest BCUT2D eigenvalue weighted by atomic mass is 10.00. The zero-order chi connectivity index (χ0) is 19.2. The minimum Gasteiger partial charge on any atom is -0.374 e. The first-order valence-corrected chi connectivity index (χ1v) is 9.04. The van der Waals surface area contributed by atoms with Gasteiger partial charge in [0, 0.05) is 37.8 Å². The van der Waals surface area contributed by atoms with Gasteiger partial charge in [-0.2, -0.15) is 5.26 Å². The SMILES string of the molecule is CN(CCCC1CC(c2ccccc2)NN1)c1ccc([N+](=O)[O-])cc1C#N. The van der Waals surface area contributed by atoms with Crippen molar-refractivity contribution < 1.29 is 4.92 Å². The van der Waals surface area contributed by atoms with E-state index in [1.807, 2.05) is 18.0 Å². The van der Waals surface area contributed by atoms with Crippen LogP contribution in [0.15, 0.2) is 48.5 Å². The summed E-state index contributed by atoms with van der Waals surface area (Å²) in [6.07, 6.45) is 3.00. The van der Waals surface area contributed by atoms with Gasteiger partial charge >= 0.3 is 0 Å². The van der Waals surface area contributed by atoms with Crippen LogP contribution in [0.5, 0.6) is 0 Å². The molecule has 7 heteroatoms. The molecule has 0 aromatic heterocycles. The summed E-state index contributed by atoms with van der Waals surface area (Å²) in [7, 11) is 1.91. The van der Waals surface area contributed by atoms with Crippen molar-refractivity contribution in [2.75, 3.05) is 18.5 Å². The van der Waals surface area contributed by atoms with Crippen molar-refractivity contribution in [1.29, 1.82) is 5.26 Å². The molecular formula is C20H23N5O2. The summed E-state index contributed by atoms with van der Waals surface area (Å²) in [5.41, 5.74) is 9.01. The molecule has 0 amide bonds. The van der Waals surface area contributed by atoms with Crippen molar-refractivity contribution in [3.8, 4) is 6.07 Å². The Hall–Kier alpha value is -2.95. The number of anilines is 1. The highest BCUT2D eigenvalue weighted by Crippen LogP contribution is 2.26. The van der Waals surface area contributed by atoms with Crippen LogP contribution in [0, 0.1) is 21.4 Å². The first-order chi connectivity index (χ1) is 13.1. The van der Waals surface area contributed by atoms with Crippen LogP contribution in [0.2, 0.25) is 0 Å². The highest BCUT2D eigenvalue weighted by molar-refractivity contribution is 5.62. The topological polar surface area (TPSA) is 94.2 Å². The average Bonchev–Trinajstić information content (AvgIpc) is 3.17. The average molecular weight is 365 g/mol. The number of rotatable bonds is 7. The molecule has 2 atom stereocenters. The molecule has 2 aromatic carbocycles. The number of nitriles is 1. The molecule has 0 spiro atoms. The Morgan fingerprint density at radius 3 is 2.74 bits per heavy atom. The van der Waals surface area contributed by atoms with E-state index in [2.05, 4.69) is 41.2 Å². The second-order valence-electron chi connectivity index (χ2n) is 6.82. The van der Waals surface area contributed by atoms with E-state index in [1.165, 1.54) is 17.7 Å². The smallest absolute Gasteiger partial charge is 0.270 e. The second-order valence-corrected chi connectivity index (χ2v) is 6.82. The maximum absolute atomic E-state index is 10.9. The molecule has 3 rings (SSSR count). The van der Waals surface area contributed by atoms with E-state index in [4.69, 9.17) is 0 Å². The number of hydrogen-bond acceptors (Lipinski definition) is 6. The fraction of sp³-hybridized carbons (Fsp3) is 0.350. The second kappa shape index (κ2) is 8.62. The molecular weight excluding hydrogens is 342 g/mol. The van der Waals surface area contributed by atoms with Crippen LogP contribution >= 0.6 is 0 Å². The van der Waals surface area contributed by atoms with Crippen LogP contribution in [0.1, 0.15) is 36.4 Å².